The highest BCUT2D eigenvalue weighted by Crippen LogP contribution is 2.35. The van der Waals surface area contributed by atoms with Gasteiger partial charge < -0.3 is 19.9 Å². The van der Waals surface area contributed by atoms with Crippen molar-refractivity contribution in [1.82, 2.24) is 4.98 Å². The van der Waals surface area contributed by atoms with E-state index < -0.39 is 0 Å². The SMILES string of the molecule is CCOc1ccc(-c2ccc(OCc3ccccc3)nc2OCc2ccccc2)c(CN)c1. The Balaban J connectivity index is 1.64. The molecule has 4 rings (SSSR count). The minimum atomic E-state index is 0.376. The first-order valence-corrected chi connectivity index (χ1v) is 11.1. The van der Waals surface area contributed by atoms with E-state index in [-0.39, 0.29) is 0 Å². The van der Waals surface area contributed by atoms with Gasteiger partial charge in [0.05, 0.1) is 6.61 Å². The predicted octanol–water partition coefficient (Wildman–Crippen LogP) is 5.76. The van der Waals surface area contributed by atoms with E-state index in [4.69, 9.17) is 24.9 Å². The Hall–Kier alpha value is -3.83. The summed E-state index contributed by atoms with van der Waals surface area (Å²) in [6, 6.07) is 29.8. The van der Waals surface area contributed by atoms with Gasteiger partial charge in [0.15, 0.2) is 0 Å². The number of ether oxygens (including phenoxy) is 3. The molecule has 3 aromatic carbocycles. The van der Waals surface area contributed by atoms with Gasteiger partial charge >= 0.3 is 0 Å². The molecule has 4 aromatic rings. The highest BCUT2D eigenvalue weighted by molar-refractivity contribution is 5.73. The lowest BCUT2D eigenvalue weighted by molar-refractivity contribution is 0.268. The quantitative estimate of drug-likeness (QED) is 0.339. The molecule has 0 unspecified atom stereocenters. The summed E-state index contributed by atoms with van der Waals surface area (Å²) in [6.45, 7) is 3.77. The average molecular weight is 441 g/mol. The van der Waals surface area contributed by atoms with Crippen LogP contribution in [-0.4, -0.2) is 11.6 Å². The highest BCUT2D eigenvalue weighted by atomic mass is 16.5. The van der Waals surface area contributed by atoms with Crippen LogP contribution < -0.4 is 19.9 Å². The summed E-state index contributed by atoms with van der Waals surface area (Å²) in [5.74, 6) is 1.80. The van der Waals surface area contributed by atoms with Gasteiger partial charge in [0.1, 0.15) is 19.0 Å². The van der Waals surface area contributed by atoms with Gasteiger partial charge in [-0.15, -0.1) is 0 Å². The summed E-state index contributed by atoms with van der Waals surface area (Å²) in [4.78, 5) is 4.70. The topological polar surface area (TPSA) is 66.6 Å². The highest BCUT2D eigenvalue weighted by Gasteiger charge is 2.15. The molecular formula is C28H28N2O3. The molecule has 33 heavy (non-hydrogen) atoms. The second-order valence-electron chi connectivity index (χ2n) is 7.51. The zero-order valence-electron chi connectivity index (χ0n) is 18.7. The number of aromatic nitrogens is 1. The van der Waals surface area contributed by atoms with Crippen LogP contribution in [0.4, 0.5) is 0 Å². The van der Waals surface area contributed by atoms with Crippen LogP contribution in [0.3, 0.4) is 0 Å². The van der Waals surface area contributed by atoms with Gasteiger partial charge in [0, 0.05) is 18.2 Å². The fourth-order valence-electron chi connectivity index (χ4n) is 3.53. The molecule has 0 fully saturated rings. The first-order chi connectivity index (χ1) is 16.3. The summed E-state index contributed by atoms with van der Waals surface area (Å²) in [5, 5.41) is 0. The van der Waals surface area contributed by atoms with Crippen LogP contribution in [0.2, 0.25) is 0 Å². The third-order valence-electron chi connectivity index (χ3n) is 5.18. The van der Waals surface area contributed by atoms with Crippen molar-refractivity contribution >= 4 is 0 Å². The summed E-state index contributed by atoms with van der Waals surface area (Å²) >= 11 is 0. The Morgan fingerprint density at radius 1 is 0.697 bits per heavy atom. The fraction of sp³-hybridized carbons (Fsp3) is 0.179. The number of pyridine rings is 1. The van der Waals surface area contributed by atoms with Crippen LogP contribution in [0, 0.1) is 0 Å². The first-order valence-electron chi connectivity index (χ1n) is 11.1. The van der Waals surface area contributed by atoms with Crippen molar-refractivity contribution in [3.8, 4) is 28.6 Å². The largest absolute Gasteiger partial charge is 0.494 e. The van der Waals surface area contributed by atoms with Gasteiger partial charge in [-0.2, -0.15) is 4.98 Å². The summed E-state index contributed by atoms with van der Waals surface area (Å²) in [5.41, 5.74) is 11.0. The van der Waals surface area contributed by atoms with Crippen LogP contribution in [0.15, 0.2) is 91.0 Å². The van der Waals surface area contributed by atoms with E-state index >= 15 is 0 Å². The van der Waals surface area contributed by atoms with Crippen LogP contribution in [0.1, 0.15) is 23.6 Å². The summed E-state index contributed by atoms with van der Waals surface area (Å²) < 4.78 is 17.8. The van der Waals surface area contributed by atoms with Crippen molar-refractivity contribution in [2.24, 2.45) is 5.73 Å². The Labute approximate surface area is 194 Å². The smallest absolute Gasteiger partial charge is 0.225 e. The minimum absolute atomic E-state index is 0.376. The van der Waals surface area contributed by atoms with E-state index in [0.717, 1.165) is 33.6 Å². The van der Waals surface area contributed by atoms with Crippen molar-refractivity contribution in [1.29, 1.82) is 0 Å². The molecule has 0 spiro atoms. The van der Waals surface area contributed by atoms with Gasteiger partial charge in [0.2, 0.25) is 11.8 Å². The molecule has 5 nitrogen and oxygen atoms in total. The molecule has 0 aliphatic rings. The van der Waals surface area contributed by atoms with Crippen molar-refractivity contribution in [2.75, 3.05) is 6.61 Å². The fourth-order valence-corrected chi connectivity index (χ4v) is 3.53. The van der Waals surface area contributed by atoms with Gasteiger partial charge in [-0.3, -0.25) is 0 Å². The maximum atomic E-state index is 6.18. The van der Waals surface area contributed by atoms with Crippen molar-refractivity contribution in [2.45, 2.75) is 26.7 Å². The summed E-state index contributed by atoms with van der Waals surface area (Å²) in [6.07, 6.45) is 0. The van der Waals surface area contributed by atoms with Crippen LogP contribution in [0.5, 0.6) is 17.5 Å². The zero-order valence-corrected chi connectivity index (χ0v) is 18.7. The lowest BCUT2D eigenvalue weighted by atomic mass is 10.00. The van der Waals surface area contributed by atoms with E-state index in [0.29, 0.717) is 38.1 Å². The molecule has 0 saturated heterocycles. The van der Waals surface area contributed by atoms with Crippen LogP contribution in [0.25, 0.3) is 11.1 Å². The molecular weight excluding hydrogens is 412 g/mol. The second kappa shape index (κ2) is 11.2. The average Bonchev–Trinajstić information content (AvgIpc) is 2.88. The van der Waals surface area contributed by atoms with Gasteiger partial charge in [-0.25, -0.2) is 0 Å². The van der Waals surface area contributed by atoms with Crippen LogP contribution in [-0.2, 0) is 19.8 Å². The zero-order chi connectivity index (χ0) is 22.9. The maximum Gasteiger partial charge on any atom is 0.225 e. The molecule has 0 atom stereocenters. The van der Waals surface area contributed by atoms with Crippen molar-refractivity contribution in [3.05, 3.63) is 108 Å². The minimum Gasteiger partial charge on any atom is -0.494 e. The van der Waals surface area contributed by atoms with Gasteiger partial charge in [-0.1, -0.05) is 66.7 Å². The lowest BCUT2D eigenvalue weighted by Crippen LogP contribution is -2.05. The lowest BCUT2D eigenvalue weighted by Gasteiger charge is -2.16. The summed E-state index contributed by atoms with van der Waals surface area (Å²) in [7, 11) is 0. The molecule has 0 radical (unpaired) electrons. The molecule has 1 aromatic heterocycles. The molecule has 0 aliphatic heterocycles. The standard InChI is InChI=1S/C28H28N2O3/c1-2-31-24-13-14-25(23(17-24)18-29)26-15-16-27(32-19-21-9-5-3-6-10-21)30-28(26)33-20-22-11-7-4-8-12-22/h3-17H,2,18-20,29H2,1H3. The molecule has 168 valence electrons. The van der Waals surface area contributed by atoms with E-state index in [1.807, 2.05) is 97.9 Å². The molecule has 0 bridgehead atoms. The number of hydrogen-bond donors (Lipinski definition) is 1. The van der Waals surface area contributed by atoms with Crippen LogP contribution >= 0.6 is 0 Å². The monoisotopic (exact) mass is 440 g/mol. The third kappa shape index (κ3) is 5.90. The van der Waals surface area contributed by atoms with E-state index in [1.165, 1.54) is 0 Å². The molecule has 1 heterocycles. The number of benzene rings is 3. The van der Waals surface area contributed by atoms with Crippen molar-refractivity contribution in [3.63, 3.8) is 0 Å². The Morgan fingerprint density at radius 2 is 1.33 bits per heavy atom. The van der Waals surface area contributed by atoms with E-state index in [1.54, 1.807) is 0 Å². The predicted molar refractivity (Wildman–Crippen MR) is 130 cm³/mol. The normalized spacial score (nSPS) is 10.6. The van der Waals surface area contributed by atoms with E-state index in [2.05, 4.69) is 0 Å². The Morgan fingerprint density at radius 3 is 1.97 bits per heavy atom. The van der Waals surface area contributed by atoms with E-state index in [9.17, 15) is 0 Å². The molecule has 0 amide bonds. The van der Waals surface area contributed by atoms with Gasteiger partial charge in [0.25, 0.3) is 0 Å². The Bertz CT molecular complexity index is 1160. The number of nitrogens with zero attached hydrogens (tertiary/aromatic N) is 1. The maximum absolute atomic E-state index is 6.18. The third-order valence-corrected chi connectivity index (χ3v) is 5.18. The number of rotatable bonds is 10. The Kier molecular flexibility index (Phi) is 7.56. The van der Waals surface area contributed by atoms with Crippen molar-refractivity contribution < 1.29 is 14.2 Å². The molecule has 2 N–H and O–H groups in total. The molecule has 0 saturated carbocycles. The van der Waals surface area contributed by atoms with Gasteiger partial charge in [-0.05, 0) is 47.4 Å². The number of nitrogens with two attached hydrogens (primary N) is 1. The molecule has 5 heteroatoms. The molecule has 0 aliphatic carbocycles. The number of hydrogen-bond acceptors (Lipinski definition) is 5. The first kappa shape index (κ1) is 22.4. The second-order valence-corrected chi connectivity index (χ2v) is 7.51.